The molecule has 4 atom stereocenters. The van der Waals surface area contributed by atoms with E-state index >= 15 is 0 Å². The van der Waals surface area contributed by atoms with Gasteiger partial charge in [-0.05, 0) is 5.92 Å². The van der Waals surface area contributed by atoms with E-state index in [1.165, 1.54) is 0 Å². The number of hydrogen-bond acceptors (Lipinski definition) is 5. The Hall–Kier alpha value is -0.200. The summed E-state index contributed by atoms with van der Waals surface area (Å²) in [5.74, 6) is 0.485. The van der Waals surface area contributed by atoms with Crippen molar-refractivity contribution in [2.24, 2.45) is 5.92 Å². The molecule has 0 aromatic rings. The molecule has 0 spiro atoms. The molecule has 5 nitrogen and oxygen atoms in total. The summed E-state index contributed by atoms with van der Waals surface area (Å²) in [4.78, 5) is 1.89. The van der Waals surface area contributed by atoms with Crippen LogP contribution in [0.1, 0.15) is 26.7 Å². The van der Waals surface area contributed by atoms with Crippen molar-refractivity contribution in [3.8, 4) is 0 Å². The first-order valence-electron chi connectivity index (χ1n) is 6.44. The zero-order valence-corrected chi connectivity index (χ0v) is 10.7. The van der Waals surface area contributed by atoms with Crippen LogP contribution in [0.3, 0.4) is 0 Å². The van der Waals surface area contributed by atoms with Crippen LogP contribution >= 0.6 is 0 Å². The lowest BCUT2D eigenvalue weighted by molar-refractivity contribution is -0.147. The van der Waals surface area contributed by atoms with E-state index in [4.69, 9.17) is 0 Å². The second-order valence-electron chi connectivity index (χ2n) is 4.93. The molecule has 1 saturated heterocycles. The second kappa shape index (κ2) is 6.66. The van der Waals surface area contributed by atoms with Crippen LogP contribution in [0.5, 0.6) is 0 Å². The van der Waals surface area contributed by atoms with Crippen molar-refractivity contribution < 1.29 is 20.4 Å². The smallest absolute Gasteiger partial charge is 0.109 e. The van der Waals surface area contributed by atoms with Gasteiger partial charge in [0, 0.05) is 13.1 Å². The molecule has 0 saturated carbocycles. The van der Waals surface area contributed by atoms with E-state index in [1.807, 2.05) is 4.90 Å². The molecule has 1 aliphatic heterocycles. The third-order valence-electron chi connectivity index (χ3n) is 3.86. The molecular weight excluding hydrogens is 222 g/mol. The molecule has 1 heterocycles. The summed E-state index contributed by atoms with van der Waals surface area (Å²) in [7, 11) is 0. The van der Waals surface area contributed by atoms with Gasteiger partial charge >= 0.3 is 0 Å². The van der Waals surface area contributed by atoms with E-state index in [0.717, 1.165) is 19.4 Å². The van der Waals surface area contributed by atoms with Gasteiger partial charge in [0.05, 0.1) is 18.8 Å². The Kier molecular flexibility index (Phi) is 5.82. The Bertz CT molecular complexity index is 223. The maximum atomic E-state index is 9.82. The zero-order chi connectivity index (χ0) is 13.0. The normalized spacial score (nSPS) is 35.5. The molecule has 102 valence electrons. The number of piperidine rings is 1. The Morgan fingerprint density at radius 2 is 1.71 bits per heavy atom. The van der Waals surface area contributed by atoms with Gasteiger partial charge in [-0.25, -0.2) is 0 Å². The Labute approximate surface area is 103 Å². The van der Waals surface area contributed by atoms with Gasteiger partial charge in [0.2, 0.25) is 0 Å². The Morgan fingerprint density at radius 3 is 2.18 bits per heavy atom. The SMILES string of the molecule is CCC(CC)CN1C[C@H](O)[C@@H](O)[C@H](O)[C@@H]1CO. The highest BCUT2D eigenvalue weighted by atomic mass is 16.4. The molecule has 0 bridgehead atoms. The first kappa shape index (κ1) is 14.9. The Balaban J connectivity index is 2.68. The summed E-state index contributed by atoms with van der Waals surface area (Å²) in [5, 5.41) is 38.4. The van der Waals surface area contributed by atoms with Crippen molar-refractivity contribution in [1.29, 1.82) is 0 Å². The van der Waals surface area contributed by atoms with E-state index in [2.05, 4.69) is 13.8 Å². The fraction of sp³-hybridized carbons (Fsp3) is 1.00. The van der Waals surface area contributed by atoms with Crippen LogP contribution in [0.15, 0.2) is 0 Å². The molecule has 1 aliphatic rings. The summed E-state index contributed by atoms with van der Waals surface area (Å²) in [6, 6.07) is -0.478. The van der Waals surface area contributed by atoms with E-state index in [1.54, 1.807) is 0 Å². The van der Waals surface area contributed by atoms with Crippen molar-refractivity contribution in [2.75, 3.05) is 19.7 Å². The predicted octanol–water partition coefficient (Wildman–Crippen LogP) is -0.818. The van der Waals surface area contributed by atoms with E-state index in [-0.39, 0.29) is 6.61 Å². The fourth-order valence-corrected chi connectivity index (χ4v) is 2.47. The Morgan fingerprint density at radius 1 is 1.12 bits per heavy atom. The molecule has 5 heteroatoms. The van der Waals surface area contributed by atoms with E-state index in [0.29, 0.717) is 12.5 Å². The quantitative estimate of drug-likeness (QED) is 0.510. The first-order valence-corrected chi connectivity index (χ1v) is 6.44. The van der Waals surface area contributed by atoms with E-state index in [9.17, 15) is 20.4 Å². The maximum Gasteiger partial charge on any atom is 0.109 e. The van der Waals surface area contributed by atoms with Gasteiger partial charge in [-0.1, -0.05) is 26.7 Å². The average Bonchev–Trinajstić information content (AvgIpc) is 2.33. The number of aliphatic hydroxyl groups excluding tert-OH is 4. The highest BCUT2D eigenvalue weighted by Gasteiger charge is 2.41. The van der Waals surface area contributed by atoms with Crippen LogP contribution < -0.4 is 0 Å². The van der Waals surface area contributed by atoms with Crippen LogP contribution in [0.25, 0.3) is 0 Å². The lowest BCUT2D eigenvalue weighted by Crippen LogP contribution is -2.63. The minimum Gasteiger partial charge on any atom is -0.395 e. The van der Waals surface area contributed by atoms with Gasteiger partial charge in [-0.3, -0.25) is 4.90 Å². The predicted molar refractivity (Wildman–Crippen MR) is 64.5 cm³/mol. The highest BCUT2D eigenvalue weighted by Crippen LogP contribution is 2.21. The van der Waals surface area contributed by atoms with Crippen LogP contribution in [-0.4, -0.2) is 69.4 Å². The van der Waals surface area contributed by atoms with Crippen molar-refractivity contribution in [1.82, 2.24) is 4.90 Å². The average molecular weight is 247 g/mol. The number of nitrogens with zero attached hydrogens (tertiary/aromatic N) is 1. The van der Waals surface area contributed by atoms with Crippen molar-refractivity contribution >= 4 is 0 Å². The topological polar surface area (TPSA) is 84.2 Å². The number of β-amino-alcohol motifs (C(OH)–C–C–N with tert-alkyl or cyclic N) is 1. The molecule has 1 rings (SSSR count). The van der Waals surface area contributed by atoms with Crippen LogP contribution in [0.2, 0.25) is 0 Å². The van der Waals surface area contributed by atoms with Crippen LogP contribution in [0.4, 0.5) is 0 Å². The number of hydrogen-bond donors (Lipinski definition) is 4. The number of rotatable bonds is 5. The molecule has 0 aromatic heterocycles. The zero-order valence-electron chi connectivity index (χ0n) is 10.7. The minimum absolute atomic E-state index is 0.203. The highest BCUT2D eigenvalue weighted by molar-refractivity contribution is 4.94. The summed E-state index contributed by atoms with van der Waals surface area (Å²) in [6.07, 6.45) is -1.13. The molecule has 4 N–H and O–H groups in total. The molecule has 0 radical (unpaired) electrons. The van der Waals surface area contributed by atoms with Gasteiger partial charge in [0.25, 0.3) is 0 Å². The van der Waals surface area contributed by atoms with E-state index < -0.39 is 24.4 Å². The molecule has 0 amide bonds. The molecule has 1 fully saturated rings. The van der Waals surface area contributed by atoms with Crippen molar-refractivity contribution in [3.63, 3.8) is 0 Å². The molecule has 0 unspecified atom stereocenters. The van der Waals surface area contributed by atoms with Gasteiger partial charge in [0.1, 0.15) is 12.2 Å². The summed E-state index contributed by atoms with van der Waals surface area (Å²) >= 11 is 0. The summed E-state index contributed by atoms with van der Waals surface area (Å²) in [5.41, 5.74) is 0. The van der Waals surface area contributed by atoms with Crippen LogP contribution in [0, 0.1) is 5.92 Å². The first-order chi connectivity index (χ1) is 8.04. The lowest BCUT2D eigenvalue weighted by Gasteiger charge is -2.44. The fourth-order valence-electron chi connectivity index (χ4n) is 2.47. The number of aliphatic hydroxyl groups is 4. The van der Waals surface area contributed by atoms with Gasteiger partial charge < -0.3 is 20.4 Å². The maximum absolute atomic E-state index is 9.82. The minimum atomic E-state index is -1.16. The van der Waals surface area contributed by atoms with Gasteiger partial charge in [-0.15, -0.1) is 0 Å². The third-order valence-corrected chi connectivity index (χ3v) is 3.86. The largest absolute Gasteiger partial charge is 0.395 e. The molecule has 0 aliphatic carbocycles. The summed E-state index contributed by atoms with van der Waals surface area (Å²) in [6.45, 7) is 5.05. The standard InChI is InChI=1S/C12H25NO4/c1-3-8(4-2)5-13-6-10(15)12(17)11(16)9(13)7-14/h8-12,14-17H,3-7H2,1-2H3/t9-,10-,11+,12+/m0/s1. The lowest BCUT2D eigenvalue weighted by atomic mass is 9.92. The van der Waals surface area contributed by atoms with Crippen LogP contribution in [-0.2, 0) is 0 Å². The van der Waals surface area contributed by atoms with Gasteiger partial charge in [0.15, 0.2) is 0 Å². The monoisotopic (exact) mass is 247 g/mol. The van der Waals surface area contributed by atoms with Gasteiger partial charge in [-0.2, -0.15) is 0 Å². The second-order valence-corrected chi connectivity index (χ2v) is 4.93. The van der Waals surface area contributed by atoms with Crippen molar-refractivity contribution in [2.45, 2.75) is 51.0 Å². The molecule has 0 aromatic carbocycles. The summed E-state index contributed by atoms with van der Waals surface area (Å²) < 4.78 is 0. The number of likely N-dealkylation sites (tertiary alicyclic amines) is 1. The molecule has 17 heavy (non-hydrogen) atoms. The van der Waals surface area contributed by atoms with Crippen molar-refractivity contribution in [3.05, 3.63) is 0 Å². The third kappa shape index (κ3) is 3.39. The molecular formula is C12H25NO4.